The molecule has 0 spiro atoms. The minimum Gasteiger partial charge on any atom is -0.490 e. The van der Waals surface area contributed by atoms with Crippen LogP contribution in [0.25, 0.3) is 0 Å². The van der Waals surface area contributed by atoms with Gasteiger partial charge in [-0.05, 0) is 31.5 Å². The van der Waals surface area contributed by atoms with Crippen LogP contribution in [0.3, 0.4) is 0 Å². The quantitative estimate of drug-likeness (QED) is 0.366. The number of imide groups is 1. The number of fused-ring (bicyclic) bond motifs is 2. The molecule has 2 amide bonds. The molecule has 0 bridgehead atoms. The van der Waals surface area contributed by atoms with Crippen molar-refractivity contribution in [2.75, 3.05) is 26.4 Å². The van der Waals surface area contributed by atoms with Gasteiger partial charge in [0.2, 0.25) is 11.8 Å². The predicted octanol–water partition coefficient (Wildman–Crippen LogP) is 1.45. The number of carboxylic acid groups (broad SMARTS) is 1. The molecule has 2 aliphatic rings. The number of thiazole rings is 1. The molecule has 13 heteroatoms. The zero-order valence-corrected chi connectivity index (χ0v) is 20.4. The van der Waals surface area contributed by atoms with Crippen LogP contribution in [0, 0.1) is 5.92 Å². The van der Waals surface area contributed by atoms with Gasteiger partial charge in [0.25, 0.3) is 0 Å². The van der Waals surface area contributed by atoms with E-state index in [9.17, 15) is 29.1 Å². The van der Waals surface area contributed by atoms with Crippen molar-refractivity contribution >= 4 is 46.9 Å². The first-order chi connectivity index (χ1) is 16.7. The smallest absolute Gasteiger partial charge is 0.344 e. The van der Waals surface area contributed by atoms with Gasteiger partial charge >= 0.3 is 16.8 Å². The number of ether oxygens (including phenoxy) is 3. The number of aromatic nitrogens is 1. The highest BCUT2D eigenvalue weighted by atomic mass is 32.2. The second-order valence-electron chi connectivity index (χ2n) is 7.64. The Morgan fingerprint density at radius 3 is 2.54 bits per heavy atom. The van der Waals surface area contributed by atoms with E-state index in [1.54, 1.807) is 32.0 Å². The number of carbonyl (C=O) groups excluding carboxylic acids is 3. The van der Waals surface area contributed by atoms with Gasteiger partial charge in [-0.1, -0.05) is 29.2 Å². The summed E-state index contributed by atoms with van der Waals surface area (Å²) in [6.45, 7) is 2.91. The summed E-state index contributed by atoms with van der Waals surface area (Å²) in [5.74, 6) is -4.03. The van der Waals surface area contributed by atoms with Crippen molar-refractivity contribution in [1.29, 1.82) is 0 Å². The Morgan fingerprint density at radius 2 is 1.86 bits per heavy atom. The number of aromatic amines is 1. The van der Waals surface area contributed by atoms with Crippen LogP contribution in [0.5, 0.6) is 11.5 Å². The molecule has 3 atom stereocenters. The molecule has 1 aromatic heterocycles. The number of likely N-dealkylation sites (tertiary alicyclic amines) is 1. The highest BCUT2D eigenvalue weighted by Crippen LogP contribution is 2.53. The number of carboxylic acids is 1. The first kappa shape index (κ1) is 24.8. The summed E-state index contributed by atoms with van der Waals surface area (Å²) in [6.07, 6.45) is 0. The van der Waals surface area contributed by atoms with Crippen molar-refractivity contribution in [3.63, 3.8) is 0 Å². The predicted molar refractivity (Wildman–Crippen MR) is 124 cm³/mol. The molecule has 2 aromatic rings. The summed E-state index contributed by atoms with van der Waals surface area (Å²) in [4.78, 5) is 65.0. The summed E-state index contributed by atoms with van der Waals surface area (Å²) in [5, 5.41) is 8.79. The number of hydrogen-bond donors (Lipinski definition) is 2. The molecule has 3 heterocycles. The molecule has 35 heavy (non-hydrogen) atoms. The maximum atomic E-state index is 13.2. The van der Waals surface area contributed by atoms with Crippen molar-refractivity contribution < 1.29 is 38.5 Å². The second kappa shape index (κ2) is 10.1. The molecule has 2 N–H and O–H groups in total. The topological polar surface area (TPSA) is 152 Å². The van der Waals surface area contributed by atoms with Crippen LogP contribution in [0.15, 0.2) is 28.0 Å². The van der Waals surface area contributed by atoms with E-state index in [0.717, 1.165) is 28.0 Å². The number of carbonyl (C=O) groups is 4. The van der Waals surface area contributed by atoms with Crippen LogP contribution in [-0.4, -0.2) is 70.4 Å². The first-order valence-electron chi connectivity index (χ1n) is 10.8. The lowest BCUT2D eigenvalue weighted by atomic mass is 9.83. The van der Waals surface area contributed by atoms with Crippen molar-refractivity contribution in [2.24, 2.45) is 5.92 Å². The molecule has 1 aromatic carbocycles. The molecule has 1 saturated heterocycles. The third-order valence-electron chi connectivity index (χ3n) is 5.49. The standard InChI is InChI=1S/C22H22N2O9S2/c1-3-31-12-7-10(5-6-11(12)33-9-14(27)32-4-2)15-16-18(34-19-17(15)35-22(30)23-19)21(29)24(20(16)28)8-13(25)26/h5-7,15-16,18H,3-4,8-9H2,1-2H3,(H,23,30)(H,25,26)/t15-,16?,18?/m0/s1. The van der Waals surface area contributed by atoms with E-state index in [0.29, 0.717) is 27.8 Å². The molecule has 0 radical (unpaired) electrons. The molecular formula is C22H22N2O9S2. The van der Waals surface area contributed by atoms with Crippen LogP contribution in [0.1, 0.15) is 30.2 Å². The first-order valence-corrected chi connectivity index (χ1v) is 12.5. The largest absolute Gasteiger partial charge is 0.490 e. The summed E-state index contributed by atoms with van der Waals surface area (Å²) < 4.78 is 16.1. The van der Waals surface area contributed by atoms with Crippen molar-refractivity contribution in [3.8, 4) is 11.5 Å². The van der Waals surface area contributed by atoms with E-state index < -0.39 is 47.4 Å². The number of esters is 1. The van der Waals surface area contributed by atoms with E-state index in [1.165, 1.54) is 0 Å². The lowest BCUT2D eigenvalue weighted by Crippen LogP contribution is -2.36. The number of nitrogens with one attached hydrogen (secondary N) is 1. The lowest BCUT2D eigenvalue weighted by Gasteiger charge is -2.30. The van der Waals surface area contributed by atoms with E-state index in [-0.39, 0.29) is 23.8 Å². The summed E-state index contributed by atoms with van der Waals surface area (Å²) in [6, 6.07) is 4.90. The summed E-state index contributed by atoms with van der Waals surface area (Å²) >= 11 is 2.01. The van der Waals surface area contributed by atoms with E-state index in [4.69, 9.17) is 14.2 Å². The lowest BCUT2D eigenvalue weighted by molar-refractivity contribution is -0.149. The fourth-order valence-electron chi connectivity index (χ4n) is 4.17. The van der Waals surface area contributed by atoms with Gasteiger partial charge in [0.1, 0.15) is 11.8 Å². The normalized spacial score (nSPS) is 20.9. The van der Waals surface area contributed by atoms with Crippen molar-refractivity contribution in [3.05, 3.63) is 38.3 Å². The number of amides is 2. The Kier molecular flexibility index (Phi) is 7.17. The minimum absolute atomic E-state index is 0.217. The van der Waals surface area contributed by atoms with E-state index in [2.05, 4.69) is 4.98 Å². The van der Waals surface area contributed by atoms with Gasteiger partial charge in [-0.2, -0.15) is 0 Å². The van der Waals surface area contributed by atoms with Gasteiger partial charge < -0.3 is 24.3 Å². The molecule has 186 valence electrons. The highest BCUT2D eigenvalue weighted by Gasteiger charge is 2.56. The molecule has 0 saturated carbocycles. The zero-order valence-electron chi connectivity index (χ0n) is 18.8. The highest BCUT2D eigenvalue weighted by molar-refractivity contribution is 8.00. The van der Waals surface area contributed by atoms with Crippen LogP contribution < -0.4 is 14.3 Å². The fraction of sp³-hybridized carbons (Fsp3) is 0.409. The number of thioether (sulfide) groups is 1. The number of aliphatic carboxylic acids is 1. The van der Waals surface area contributed by atoms with Gasteiger partial charge in [-0.3, -0.25) is 24.1 Å². The number of nitrogens with zero attached hydrogens (tertiary/aromatic N) is 1. The van der Waals surface area contributed by atoms with Gasteiger partial charge in [-0.15, -0.1) is 0 Å². The third kappa shape index (κ3) is 4.78. The molecular weight excluding hydrogens is 500 g/mol. The molecule has 11 nitrogen and oxygen atoms in total. The van der Waals surface area contributed by atoms with Gasteiger partial charge in [0, 0.05) is 10.8 Å². The number of benzene rings is 1. The summed E-state index contributed by atoms with van der Waals surface area (Å²) in [5.41, 5.74) is 0.585. The maximum absolute atomic E-state index is 13.2. The Bertz CT molecular complexity index is 1240. The monoisotopic (exact) mass is 522 g/mol. The average Bonchev–Trinajstić information content (AvgIpc) is 3.29. The number of rotatable bonds is 9. The number of H-pyrrole nitrogens is 1. The van der Waals surface area contributed by atoms with Crippen LogP contribution in [0.2, 0.25) is 0 Å². The summed E-state index contributed by atoms with van der Waals surface area (Å²) in [7, 11) is 0. The fourth-order valence-corrected chi connectivity index (χ4v) is 6.71. The minimum atomic E-state index is -1.29. The maximum Gasteiger partial charge on any atom is 0.344 e. The van der Waals surface area contributed by atoms with Crippen molar-refractivity contribution in [1.82, 2.24) is 9.88 Å². The van der Waals surface area contributed by atoms with Crippen LogP contribution in [0.4, 0.5) is 0 Å². The average molecular weight is 523 g/mol. The third-order valence-corrected chi connectivity index (χ3v) is 7.89. The van der Waals surface area contributed by atoms with Gasteiger partial charge in [-0.25, -0.2) is 4.79 Å². The van der Waals surface area contributed by atoms with Gasteiger partial charge in [0.15, 0.2) is 18.1 Å². The van der Waals surface area contributed by atoms with Gasteiger partial charge in [0.05, 0.1) is 24.2 Å². The Labute approximate surface area is 207 Å². The molecule has 2 aliphatic heterocycles. The molecule has 2 unspecified atom stereocenters. The Hall–Kier alpha value is -3.32. The molecule has 1 fully saturated rings. The SMILES string of the molecule is CCOC(=O)COc1ccc([C@@H]2c3sc(=O)[nH]c3SC3C(=O)N(CC(=O)O)C(=O)C32)cc1OCC. The second-order valence-corrected chi connectivity index (χ2v) is 9.81. The Balaban J connectivity index is 1.74. The zero-order chi connectivity index (χ0) is 25.3. The Morgan fingerprint density at radius 1 is 1.09 bits per heavy atom. The number of hydrogen-bond acceptors (Lipinski definition) is 10. The molecule has 0 aliphatic carbocycles. The van der Waals surface area contributed by atoms with Crippen LogP contribution >= 0.6 is 23.1 Å². The van der Waals surface area contributed by atoms with E-state index in [1.807, 2.05) is 0 Å². The van der Waals surface area contributed by atoms with E-state index >= 15 is 0 Å². The van der Waals surface area contributed by atoms with Crippen LogP contribution in [-0.2, 0) is 23.9 Å². The van der Waals surface area contributed by atoms with Crippen molar-refractivity contribution in [2.45, 2.75) is 30.0 Å². The molecule has 4 rings (SSSR count).